The number of hydrogen-bond acceptors (Lipinski definition) is 7. The average molecular weight is 435 g/mol. The second-order valence-electron chi connectivity index (χ2n) is 8.72. The first-order chi connectivity index (χ1) is 15.7. The normalized spacial score (nSPS) is 18.1. The Morgan fingerprint density at radius 2 is 1.91 bits per heavy atom. The molecule has 0 saturated carbocycles. The summed E-state index contributed by atoms with van der Waals surface area (Å²) < 4.78 is 11.2. The Morgan fingerprint density at radius 3 is 2.75 bits per heavy atom. The highest BCUT2D eigenvalue weighted by atomic mass is 16.6. The lowest BCUT2D eigenvalue weighted by atomic mass is 10.00. The molecule has 7 nitrogen and oxygen atoms in total. The molecule has 168 valence electrons. The molecule has 2 N–H and O–H groups in total. The van der Waals surface area contributed by atoms with Gasteiger partial charge in [0.05, 0.1) is 23.5 Å². The lowest BCUT2D eigenvalue weighted by Crippen LogP contribution is -2.43. The fourth-order valence-corrected chi connectivity index (χ4v) is 4.56. The van der Waals surface area contributed by atoms with E-state index in [0.717, 1.165) is 65.2 Å². The van der Waals surface area contributed by atoms with Crippen LogP contribution in [0.5, 0.6) is 11.5 Å². The molecule has 5 rings (SSSR count). The van der Waals surface area contributed by atoms with E-state index in [1.54, 1.807) is 6.20 Å². The monoisotopic (exact) mass is 434 g/mol. The molecular formula is C25H30N4O3. The molecule has 1 aromatic carbocycles. The summed E-state index contributed by atoms with van der Waals surface area (Å²) in [6, 6.07) is 10.5. The van der Waals surface area contributed by atoms with Crippen LogP contribution < -0.4 is 14.8 Å². The molecule has 2 aliphatic rings. The zero-order valence-electron chi connectivity index (χ0n) is 18.5. The fraction of sp³-hybridized carbons (Fsp3) is 0.440. The molecule has 2 aromatic heterocycles. The van der Waals surface area contributed by atoms with Gasteiger partial charge in [0.1, 0.15) is 13.2 Å². The van der Waals surface area contributed by atoms with Crippen molar-refractivity contribution in [2.45, 2.75) is 38.5 Å². The maximum atomic E-state index is 11.0. The molecule has 0 aliphatic carbocycles. The Balaban J connectivity index is 1.13. The molecule has 0 bridgehead atoms. The van der Waals surface area contributed by atoms with Gasteiger partial charge in [-0.1, -0.05) is 12.1 Å². The molecule has 0 radical (unpaired) electrons. The molecule has 32 heavy (non-hydrogen) atoms. The standard InChI is InChI=1S/C25H30N4O3/c1-17-11-21-20(3-2-4-22(21)28-13-17)23(30)16-29-7-5-18(6-8-29)26-14-19-12-24-25(15-27-19)32-10-9-31-24/h2-4,11-13,15,18,23,26,30H,5-10,14,16H2,1H3. The summed E-state index contributed by atoms with van der Waals surface area (Å²) in [6.45, 7) is 6.49. The number of nitrogens with zero attached hydrogens (tertiary/aromatic N) is 3. The number of benzene rings is 1. The molecule has 1 atom stereocenters. The van der Waals surface area contributed by atoms with Crippen molar-refractivity contribution in [2.24, 2.45) is 0 Å². The van der Waals surface area contributed by atoms with E-state index in [2.05, 4.69) is 26.3 Å². The van der Waals surface area contributed by atoms with Crippen molar-refractivity contribution in [3.8, 4) is 11.5 Å². The molecule has 1 saturated heterocycles. The van der Waals surface area contributed by atoms with Gasteiger partial charge in [-0.3, -0.25) is 9.97 Å². The van der Waals surface area contributed by atoms with Crippen molar-refractivity contribution in [2.75, 3.05) is 32.8 Å². The van der Waals surface area contributed by atoms with Crippen LogP contribution in [0, 0.1) is 6.92 Å². The highest BCUT2D eigenvalue weighted by Crippen LogP contribution is 2.29. The Kier molecular flexibility index (Phi) is 6.21. The largest absolute Gasteiger partial charge is 0.486 e. The molecule has 7 heteroatoms. The number of rotatable bonds is 6. The van der Waals surface area contributed by atoms with Crippen molar-refractivity contribution in [1.29, 1.82) is 0 Å². The van der Waals surface area contributed by atoms with Gasteiger partial charge < -0.3 is 24.8 Å². The number of piperidine rings is 1. The summed E-state index contributed by atoms with van der Waals surface area (Å²) in [5, 5.41) is 15.6. The number of nitrogens with one attached hydrogen (secondary N) is 1. The Labute approximate surface area is 188 Å². The number of pyridine rings is 2. The number of fused-ring (bicyclic) bond motifs is 2. The van der Waals surface area contributed by atoms with Gasteiger partial charge in [-0.15, -0.1) is 0 Å². The van der Waals surface area contributed by atoms with Crippen molar-refractivity contribution in [1.82, 2.24) is 20.2 Å². The molecule has 2 aliphatic heterocycles. The maximum absolute atomic E-state index is 11.0. The van der Waals surface area contributed by atoms with Crippen LogP contribution in [0.2, 0.25) is 0 Å². The van der Waals surface area contributed by atoms with Crippen LogP contribution in [0.4, 0.5) is 0 Å². The molecule has 3 aromatic rings. The minimum absolute atomic E-state index is 0.447. The predicted molar refractivity (Wildman–Crippen MR) is 123 cm³/mol. The third-order valence-corrected chi connectivity index (χ3v) is 6.33. The van der Waals surface area contributed by atoms with Gasteiger partial charge in [-0.25, -0.2) is 0 Å². The highest BCUT2D eigenvalue weighted by Gasteiger charge is 2.22. The maximum Gasteiger partial charge on any atom is 0.179 e. The van der Waals surface area contributed by atoms with Gasteiger partial charge in [-0.05, 0) is 56.1 Å². The summed E-state index contributed by atoms with van der Waals surface area (Å²) in [4.78, 5) is 11.3. The summed E-state index contributed by atoms with van der Waals surface area (Å²) in [5.74, 6) is 1.51. The summed E-state index contributed by atoms with van der Waals surface area (Å²) in [7, 11) is 0. The van der Waals surface area contributed by atoms with Gasteiger partial charge in [-0.2, -0.15) is 0 Å². The van der Waals surface area contributed by atoms with E-state index in [9.17, 15) is 5.11 Å². The first-order valence-electron chi connectivity index (χ1n) is 11.4. The van der Waals surface area contributed by atoms with Crippen molar-refractivity contribution in [3.63, 3.8) is 0 Å². The number of likely N-dealkylation sites (tertiary alicyclic amines) is 1. The van der Waals surface area contributed by atoms with Crippen LogP contribution in [0.3, 0.4) is 0 Å². The lowest BCUT2D eigenvalue weighted by molar-refractivity contribution is 0.0948. The summed E-state index contributed by atoms with van der Waals surface area (Å²) in [6.07, 6.45) is 5.20. The van der Waals surface area contributed by atoms with Gasteiger partial charge in [0.15, 0.2) is 11.5 Å². The SMILES string of the molecule is Cc1cnc2cccc(C(O)CN3CCC(NCc4cc5c(cn4)OCCO5)CC3)c2c1. The number of β-amino-alcohol motifs (C(OH)–C–C–N with tert-alkyl or cyclic N) is 1. The number of hydrogen-bond donors (Lipinski definition) is 2. The van der Waals surface area contributed by atoms with Crippen molar-refractivity contribution in [3.05, 3.63) is 59.5 Å². The number of aromatic nitrogens is 2. The topological polar surface area (TPSA) is 79.7 Å². The fourth-order valence-electron chi connectivity index (χ4n) is 4.56. The third-order valence-electron chi connectivity index (χ3n) is 6.33. The third kappa shape index (κ3) is 4.70. The lowest BCUT2D eigenvalue weighted by Gasteiger charge is -2.33. The number of ether oxygens (including phenoxy) is 2. The van der Waals surface area contributed by atoms with Crippen molar-refractivity contribution < 1.29 is 14.6 Å². The number of aryl methyl sites for hydroxylation is 1. The molecule has 1 fully saturated rings. The van der Waals surface area contributed by atoms with Crippen LogP contribution in [-0.2, 0) is 6.54 Å². The zero-order valence-corrected chi connectivity index (χ0v) is 18.5. The van der Waals surface area contributed by atoms with E-state index in [4.69, 9.17) is 9.47 Å². The van der Waals surface area contributed by atoms with Crippen LogP contribution in [0.1, 0.15) is 35.8 Å². The van der Waals surface area contributed by atoms with Crippen LogP contribution in [-0.4, -0.2) is 58.9 Å². The minimum Gasteiger partial charge on any atom is -0.486 e. The number of aliphatic hydroxyl groups is 1. The average Bonchev–Trinajstić information content (AvgIpc) is 2.83. The highest BCUT2D eigenvalue weighted by molar-refractivity contribution is 5.83. The van der Waals surface area contributed by atoms with E-state index in [1.165, 1.54) is 0 Å². The quantitative estimate of drug-likeness (QED) is 0.617. The minimum atomic E-state index is -0.520. The van der Waals surface area contributed by atoms with E-state index < -0.39 is 6.10 Å². The van der Waals surface area contributed by atoms with E-state index in [0.29, 0.717) is 32.3 Å². The van der Waals surface area contributed by atoms with Crippen LogP contribution in [0.15, 0.2) is 42.7 Å². The Bertz CT molecular complexity index is 1080. The molecular weight excluding hydrogens is 404 g/mol. The smallest absolute Gasteiger partial charge is 0.179 e. The van der Waals surface area contributed by atoms with Crippen LogP contribution in [0.25, 0.3) is 10.9 Å². The van der Waals surface area contributed by atoms with E-state index in [1.807, 2.05) is 37.4 Å². The Morgan fingerprint density at radius 1 is 1.09 bits per heavy atom. The second kappa shape index (κ2) is 9.40. The van der Waals surface area contributed by atoms with Gasteiger partial charge in [0.2, 0.25) is 0 Å². The Hall–Kier alpha value is -2.74. The van der Waals surface area contributed by atoms with Gasteiger partial charge in [0, 0.05) is 36.8 Å². The van der Waals surface area contributed by atoms with Gasteiger partial charge >= 0.3 is 0 Å². The molecule has 0 amide bonds. The summed E-state index contributed by atoms with van der Waals surface area (Å²) >= 11 is 0. The zero-order chi connectivity index (χ0) is 21.9. The first-order valence-corrected chi connectivity index (χ1v) is 11.4. The molecule has 0 spiro atoms. The number of aliphatic hydroxyl groups excluding tert-OH is 1. The first kappa shape index (κ1) is 21.1. The predicted octanol–water partition coefficient (Wildman–Crippen LogP) is 3.00. The second-order valence-corrected chi connectivity index (χ2v) is 8.72. The summed E-state index contributed by atoms with van der Waals surface area (Å²) in [5.41, 5.74) is 3.97. The van der Waals surface area contributed by atoms with Crippen molar-refractivity contribution >= 4 is 10.9 Å². The molecule has 1 unspecified atom stereocenters. The van der Waals surface area contributed by atoms with E-state index >= 15 is 0 Å². The van der Waals surface area contributed by atoms with E-state index in [-0.39, 0.29) is 0 Å². The molecule has 4 heterocycles. The van der Waals surface area contributed by atoms with Crippen LogP contribution >= 0.6 is 0 Å². The van der Waals surface area contributed by atoms with Gasteiger partial charge in [0.25, 0.3) is 0 Å².